The van der Waals surface area contributed by atoms with E-state index in [1.54, 1.807) is 4.90 Å². The molecule has 0 aromatic heterocycles. The van der Waals surface area contributed by atoms with E-state index in [4.69, 9.17) is 12.2 Å². The summed E-state index contributed by atoms with van der Waals surface area (Å²) in [4.78, 5) is 21.5. The van der Waals surface area contributed by atoms with E-state index in [-0.39, 0.29) is 0 Å². The molecule has 2 aliphatic heterocycles. The van der Waals surface area contributed by atoms with Crippen molar-refractivity contribution in [2.75, 3.05) is 19.6 Å². The minimum absolute atomic E-state index is 0.500. The molecule has 5 nitrogen and oxygen atoms in total. The average Bonchev–Trinajstić information content (AvgIpc) is 2.64. The van der Waals surface area contributed by atoms with Gasteiger partial charge in [-0.2, -0.15) is 0 Å². The first kappa shape index (κ1) is 20.9. The maximum atomic E-state index is 11.5. The molecule has 1 atom stereocenters. The fraction of sp³-hybridized carbons (Fsp3) is 0.588. The average molecular weight is 403 g/mol. The molecule has 1 unspecified atom stereocenters. The van der Waals surface area contributed by atoms with E-state index in [2.05, 4.69) is 5.32 Å². The third-order valence-electron chi connectivity index (χ3n) is 4.25. The van der Waals surface area contributed by atoms with Crippen molar-refractivity contribution in [3.05, 3.63) is 30.3 Å². The van der Waals surface area contributed by atoms with Crippen LogP contribution < -0.4 is 5.32 Å². The summed E-state index contributed by atoms with van der Waals surface area (Å²) in [5.74, 6) is -0.759. The molecule has 1 aromatic carbocycles. The number of nitrogens with one attached hydrogen (secondary N) is 1. The predicted octanol–water partition coefficient (Wildman–Crippen LogP) is 3.81. The zero-order valence-corrected chi connectivity index (χ0v) is 16.9. The molecule has 1 aromatic rings. The number of nitrogens with zero attached hydrogens (tertiary/aromatic N) is 1. The number of rotatable bonds is 2. The molecular weight excluding hydrogens is 375 g/mol. The van der Waals surface area contributed by atoms with Gasteiger partial charge in [0.15, 0.2) is 0 Å². The Hall–Kier alpha value is -0.430. The van der Waals surface area contributed by atoms with E-state index in [1.165, 1.54) is 44.1 Å². The molecule has 0 saturated carbocycles. The fourth-order valence-electron chi connectivity index (χ4n) is 2.93. The zero-order valence-electron chi connectivity index (χ0n) is 14.3. The van der Waals surface area contributed by atoms with Crippen molar-refractivity contribution >= 4 is 35.9 Å². The van der Waals surface area contributed by atoms with Crippen molar-refractivity contribution in [3.63, 3.8) is 0 Å². The van der Waals surface area contributed by atoms with Crippen LogP contribution in [0.5, 0.6) is 0 Å². The number of benzene rings is 1. The maximum Gasteiger partial charge on any atom is 0.347 e. The Morgan fingerprint density at radius 1 is 1.12 bits per heavy atom. The molecule has 0 radical (unpaired) electrons. The van der Waals surface area contributed by atoms with Crippen LogP contribution in [-0.4, -0.2) is 44.4 Å². The summed E-state index contributed by atoms with van der Waals surface area (Å²) < 4.78 is 12.1. The zero-order chi connectivity index (χ0) is 18.1. The highest BCUT2D eigenvalue weighted by Gasteiger charge is 2.37. The summed E-state index contributed by atoms with van der Waals surface area (Å²) >= 11 is 6.73. The van der Waals surface area contributed by atoms with Gasteiger partial charge >= 0.3 is 7.60 Å². The van der Waals surface area contributed by atoms with E-state index in [0.717, 1.165) is 17.7 Å². The van der Waals surface area contributed by atoms with Gasteiger partial charge in [-0.1, -0.05) is 48.6 Å². The van der Waals surface area contributed by atoms with Gasteiger partial charge in [0.1, 0.15) is 10.1 Å². The van der Waals surface area contributed by atoms with Crippen molar-refractivity contribution in [3.8, 4) is 0 Å². The second-order valence-electron chi connectivity index (χ2n) is 6.25. The highest BCUT2D eigenvalue weighted by Crippen LogP contribution is 2.48. The van der Waals surface area contributed by atoms with E-state index in [9.17, 15) is 14.4 Å². The van der Waals surface area contributed by atoms with Crippen LogP contribution in [-0.2, 0) is 4.57 Å². The lowest BCUT2D eigenvalue weighted by molar-refractivity contribution is 0.255. The predicted molar refractivity (Wildman–Crippen MR) is 108 cm³/mol. The quantitative estimate of drug-likeness (QED) is 0.395. The summed E-state index contributed by atoms with van der Waals surface area (Å²) in [6, 6.07) is 9.64. The molecule has 0 aliphatic carbocycles. The lowest BCUT2D eigenvalue weighted by Crippen LogP contribution is -2.41. The molecule has 25 heavy (non-hydrogen) atoms. The Bertz CT molecular complexity index is 567. The molecule has 3 N–H and O–H groups in total. The van der Waals surface area contributed by atoms with Gasteiger partial charge in [0.25, 0.3) is 0 Å². The first-order valence-corrected chi connectivity index (χ1v) is 11.7. The number of piperidine rings is 2. The standard InChI is InChI=1S/C12H16NO3PS2.C5H11N/c14-17(15,16)11-8-4-5-9-13(11)12(18)19-10-6-2-1-3-7-10;1-2-4-6-5-3-1/h1-3,6-7,11H,4-5,8-9H2,(H2,14,15,16);6H,1-5H2. The molecule has 8 heteroatoms. The largest absolute Gasteiger partial charge is 0.347 e. The topological polar surface area (TPSA) is 72.8 Å². The van der Waals surface area contributed by atoms with Crippen LogP contribution in [0.2, 0.25) is 0 Å². The molecule has 2 aliphatic rings. The Kier molecular flexibility index (Phi) is 8.90. The minimum Gasteiger partial charge on any atom is -0.343 e. The van der Waals surface area contributed by atoms with Gasteiger partial charge in [0, 0.05) is 11.4 Å². The monoisotopic (exact) mass is 402 g/mol. The summed E-state index contributed by atoms with van der Waals surface area (Å²) in [6.45, 7) is 3.12. The lowest BCUT2D eigenvalue weighted by atomic mass is 10.1. The van der Waals surface area contributed by atoms with E-state index >= 15 is 0 Å². The Balaban J connectivity index is 0.000000316. The molecule has 2 heterocycles. The second-order valence-corrected chi connectivity index (χ2v) is 9.73. The first-order valence-electron chi connectivity index (χ1n) is 8.78. The van der Waals surface area contributed by atoms with Gasteiger partial charge in [-0.15, -0.1) is 0 Å². The van der Waals surface area contributed by atoms with E-state index in [1.807, 2.05) is 30.3 Å². The molecule has 2 fully saturated rings. The van der Waals surface area contributed by atoms with E-state index < -0.39 is 13.4 Å². The van der Waals surface area contributed by atoms with Crippen LogP contribution in [0.25, 0.3) is 0 Å². The van der Waals surface area contributed by atoms with Crippen LogP contribution >= 0.6 is 31.6 Å². The van der Waals surface area contributed by atoms with Crippen molar-refractivity contribution in [1.29, 1.82) is 0 Å². The van der Waals surface area contributed by atoms with Gasteiger partial charge in [-0.3, -0.25) is 4.57 Å². The van der Waals surface area contributed by atoms with Gasteiger partial charge < -0.3 is 20.0 Å². The summed E-state index contributed by atoms with van der Waals surface area (Å²) in [6.07, 6.45) is 6.48. The molecule has 0 amide bonds. The molecule has 140 valence electrons. The summed E-state index contributed by atoms with van der Waals surface area (Å²) in [5, 5.41) is 3.28. The normalized spacial score (nSPS) is 21.2. The molecule has 0 bridgehead atoms. The van der Waals surface area contributed by atoms with Crippen molar-refractivity contribution < 1.29 is 14.4 Å². The first-order chi connectivity index (χ1) is 12.0. The maximum absolute atomic E-state index is 11.5. The number of thiocarbonyl (C=S) groups is 1. The SMILES string of the molecule is C1CCNCC1.O=P(O)(O)C1CCCCN1C(=S)Sc1ccccc1. The van der Waals surface area contributed by atoms with Crippen LogP contribution in [0.4, 0.5) is 0 Å². The number of thioether (sulfide) groups is 1. The highest BCUT2D eigenvalue weighted by molar-refractivity contribution is 8.23. The second kappa shape index (κ2) is 10.7. The Morgan fingerprint density at radius 2 is 1.80 bits per heavy atom. The third-order valence-corrected chi connectivity index (χ3v) is 6.96. The lowest BCUT2D eigenvalue weighted by Gasteiger charge is -2.37. The summed E-state index contributed by atoms with van der Waals surface area (Å²) in [7, 11) is -4.13. The van der Waals surface area contributed by atoms with Crippen LogP contribution in [0.15, 0.2) is 35.2 Å². The van der Waals surface area contributed by atoms with Gasteiger partial charge in [-0.25, -0.2) is 0 Å². The van der Waals surface area contributed by atoms with Crippen LogP contribution in [0.1, 0.15) is 38.5 Å². The van der Waals surface area contributed by atoms with Gasteiger partial charge in [0.05, 0.1) is 0 Å². The third kappa shape index (κ3) is 7.37. The van der Waals surface area contributed by atoms with E-state index in [0.29, 0.717) is 17.3 Å². The smallest absolute Gasteiger partial charge is 0.343 e. The molecule has 3 rings (SSSR count). The van der Waals surface area contributed by atoms with Gasteiger partial charge in [0.2, 0.25) is 0 Å². The molecule has 2 saturated heterocycles. The summed E-state index contributed by atoms with van der Waals surface area (Å²) in [5.41, 5.74) is 0. The van der Waals surface area contributed by atoms with Crippen LogP contribution in [0, 0.1) is 0 Å². The van der Waals surface area contributed by atoms with Crippen molar-refractivity contribution in [2.24, 2.45) is 0 Å². The highest BCUT2D eigenvalue weighted by atomic mass is 32.2. The number of hydrogen-bond donors (Lipinski definition) is 3. The van der Waals surface area contributed by atoms with Crippen LogP contribution in [0.3, 0.4) is 0 Å². The van der Waals surface area contributed by atoms with Crippen molar-refractivity contribution in [1.82, 2.24) is 10.2 Å². The minimum atomic E-state index is -4.13. The van der Waals surface area contributed by atoms with Crippen molar-refractivity contribution in [2.45, 2.75) is 49.2 Å². The van der Waals surface area contributed by atoms with Gasteiger partial charge in [-0.05, 0) is 57.3 Å². The number of likely N-dealkylation sites (tertiary alicyclic amines) is 1. The molecular formula is C17H27N2O3PS2. The Morgan fingerprint density at radius 3 is 2.32 bits per heavy atom. The number of hydrogen-bond acceptors (Lipinski definition) is 4. The molecule has 0 spiro atoms. The fourth-order valence-corrected chi connectivity index (χ4v) is 5.53. The Labute approximate surface area is 159 Å².